The van der Waals surface area contributed by atoms with E-state index in [0.29, 0.717) is 17.6 Å². The first kappa shape index (κ1) is 21.9. The maximum atomic E-state index is 13.6. The normalized spacial score (nSPS) is 14.4. The molecule has 2 heterocycles. The molecule has 0 atom stereocenters. The predicted molar refractivity (Wildman–Crippen MR) is 134 cm³/mol. The highest BCUT2D eigenvalue weighted by Crippen LogP contribution is 2.38. The molecule has 0 spiro atoms. The molecule has 1 aliphatic heterocycles. The first-order valence-electron chi connectivity index (χ1n) is 10.8. The minimum atomic E-state index is -3.80. The third-order valence-corrected chi connectivity index (χ3v) is 8.46. The number of halogens is 1. The molecule has 0 N–H and O–H groups in total. The van der Waals surface area contributed by atoms with Crippen LogP contribution >= 0.6 is 15.9 Å². The summed E-state index contributed by atoms with van der Waals surface area (Å²) < 4.78 is 29.5. The fourth-order valence-electron chi connectivity index (χ4n) is 4.52. The Bertz CT molecular complexity index is 1500. The molecule has 0 saturated carbocycles. The Morgan fingerprint density at radius 3 is 2.42 bits per heavy atom. The third kappa shape index (κ3) is 3.69. The van der Waals surface area contributed by atoms with Crippen LogP contribution in [0.15, 0.2) is 76.2 Å². The number of rotatable bonds is 3. The van der Waals surface area contributed by atoms with E-state index < -0.39 is 10.0 Å². The topological polar surface area (TPSA) is 59.4 Å². The zero-order chi connectivity index (χ0) is 23.3. The number of carbonyl (C=O) groups excluding carboxylic acids is 1. The van der Waals surface area contributed by atoms with Crippen molar-refractivity contribution < 1.29 is 13.2 Å². The molecule has 0 radical (unpaired) electrons. The molecule has 0 saturated heterocycles. The van der Waals surface area contributed by atoms with Crippen LogP contribution in [0.2, 0.25) is 0 Å². The van der Waals surface area contributed by atoms with Gasteiger partial charge in [0.15, 0.2) is 0 Å². The number of carbonyl (C=O) groups is 1. The fraction of sp³-hybridized carbons (Fsp3) is 0.192. The van der Waals surface area contributed by atoms with Gasteiger partial charge in [0, 0.05) is 40.8 Å². The second kappa shape index (κ2) is 8.15. The molecule has 5 rings (SSSR count). The van der Waals surface area contributed by atoms with Crippen LogP contribution in [0.1, 0.15) is 27.9 Å². The molecule has 0 bridgehead atoms. The van der Waals surface area contributed by atoms with Gasteiger partial charge in [-0.2, -0.15) is 0 Å². The molecule has 33 heavy (non-hydrogen) atoms. The Hall–Kier alpha value is -2.90. The summed E-state index contributed by atoms with van der Waals surface area (Å²) in [6.07, 6.45) is 3.31. The first-order chi connectivity index (χ1) is 15.8. The van der Waals surface area contributed by atoms with Crippen LogP contribution in [-0.4, -0.2) is 36.8 Å². The molecule has 1 aliphatic rings. The minimum Gasteiger partial charge on any atom is -0.342 e. The van der Waals surface area contributed by atoms with Crippen molar-refractivity contribution in [2.45, 2.75) is 24.7 Å². The van der Waals surface area contributed by atoms with Crippen molar-refractivity contribution in [1.29, 1.82) is 0 Å². The highest BCUT2D eigenvalue weighted by Gasteiger charge is 2.26. The van der Waals surface area contributed by atoms with Crippen LogP contribution in [-0.2, 0) is 16.4 Å². The number of nitrogens with zero attached hydrogens (tertiary/aromatic N) is 2. The van der Waals surface area contributed by atoms with Gasteiger partial charge in [-0.25, -0.2) is 12.4 Å². The fourth-order valence-corrected chi connectivity index (χ4v) is 6.25. The first-order valence-corrected chi connectivity index (χ1v) is 13.0. The Morgan fingerprint density at radius 1 is 0.939 bits per heavy atom. The zero-order valence-electron chi connectivity index (χ0n) is 18.4. The van der Waals surface area contributed by atoms with Crippen molar-refractivity contribution in [2.24, 2.45) is 0 Å². The van der Waals surface area contributed by atoms with Gasteiger partial charge < -0.3 is 4.90 Å². The second-order valence-electron chi connectivity index (χ2n) is 8.48. The van der Waals surface area contributed by atoms with E-state index in [2.05, 4.69) is 15.9 Å². The summed E-state index contributed by atoms with van der Waals surface area (Å²) in [7, 11) is -1.98. The molecule has 0 unspecified atom stereocenters. The summed E-state index contributed by atoms with van der Waals surface area (Å²) in [4.78, 5) is 14.9. The number of aryl methyl sites for hydroxylation is 1. The van der Waals surface area contributed by atoms with Gasteiger partial charge in [0.05, 0.1) is 10.4 Å². The monoisotopic (exact) mass is 522 g/mol. The van der Waals surface area contributed by atoms with Gasteiger partial charge >= 0.3 is 0 Å². The van der Waals surface area contributed by atoms with Gasteiger partial charge in [-0.05, 0) is 67.3 Å². The molecule has 5 nitrogen and oxygen atoms in total. The SMILES string of the molecule is Cc1ccc(S(=O)(=O)n2cc(-c3cccc4c3CCCN(C)C4=O)c3cc(Br)ccc32)cc1. The lowest BCUT2D eigenvalue weighted by Gasteiger charge is -2.15. The molecule has 7 heteroatoms. The van der Waals surface area contributed by atoms with Crippen LogP contribution < -0.4 is 0 Å². The molecule has 4 aromatic rings. The van der Waals surface area contributed by atoms with E-state index in [1.807, 2.05) is 50.4 Å². The highest BCUT2D eigenvalue weighted by atomic mass is 79.9. The van der Waals surface area contributed by atoms with Crippen LogP contribution in [0.3, 0.4) is 0 Å². The lowest BCUT2D eigenvalue weighted by molar-refractivity contribution is 0.0800. The summed E-state index contributed by atoms with van der Waals surface area (Å²) in [6, 6.07) is 18.2. The van der Waals surface area contributed by atoms with Gasteiger partial charge in [0.2, 0.25) is 0 Å². The standard InChI is InChI=1S/C26H23BrN2O3S/c1-17-8-11-19(12-9-17)33(31,32)29-16-24(23-15-18(27)10-13-25(23)29)21-5-3-6-22-20(21)7-4-14-28(2)26(22)30/h3,5-6,8-13,15-16H,4,7,14H2,1-2H3. The van der Waals surface area contributed by atoms with Crippen molar-refractivity contribution in [1.82, 2.24) is 8.87 Å². The summed E-state index contributed by atoms with van der Waals surface area (Å²) in [5.74, 6) is 0.00143. The third-order valence-electron chi connectivity index (χ3n) is 6.27. The number of hydrogen-bond donors (Lipinski definition) is 0. The van der Waals surface area contributed by atoms with Crippen LogP contribution in [0.5, 0.6) is 0 Å². The maximum absolute atomic E-state index is 13.6. The van der Waals surface area contributed by atoms with Crippen molar-refractivity contribution >= 4 is 42.8 Å². The highest BCUT2D eigenvalue weighted by molar-refractivity contribution is 9.10. The van der Waals surface area contributed by atoms with Gasteiger partial charge in [-0.1, -0.05) is 45.8 Å². The predicted octanol–water partition coefficient (Wildman–Crippen LogP) is 5.63. The number of hydrogen-bond acceptors (Lipinski definition) is 3. The molecule has 1 aromatic heterocycles. The van der Waals surface area contributed by atoms with Gasteiger partial charge in [-0.15, -0.1) is 0 Å². The summed E-state index contributed by atoms with van der Waals surface area (Å²) in [6.45, 7) is 2.62. The molecule has 3 aromatic carbocycles. The summed E-state index contributed by atoms with van der Waals surface area (Å²) >= 11 is 3.54. The lowest BCUT2D eigenvalue weighted by Crippen LogP contribution is -2.26. The Kier molecular flexibility index (Phi) is 5.41. The van der Waals surface area contributed by atoms with Crippen LogP contribution in [0.25, 0.3) is 22.0 Å². The number of aromatic nitrogens is 1. The molecule has 1 amide bonds. The number of benzene rings is 3. The van der Waals surface area contributed by atoms with E-state index in [1.54, 1.807) is 35.4 Å². The summed E-state index contributed by atoms with van der Waals surface area (Å²) in [5.41, 5.74) is 4.96. The smallest absolute Gasteiger partial charge is 0.268 e. The summed E-state index contributed by atoms with van der Waals surface area (Å²) in [5, 5.41) is 0.818. The van der Waals surface area contributed by atoms with Crippen LogP contribution in [0, 0.1) is 6.92 Å². The molecular formula is C26H23BrN2O3S. The second-order valence-corrected chi connectivity index (χ2v) is 11.2. The lowest BCUT2D eigenvalue weighted by atomic mass is 9.92. The van der Waals surface area contributed by atoms with Gasteiger partial charge in [0.25, 0.3) is 15.9 Å². The van der Waals surface area contributed by atoms with Crippen LogP contribution in [0.4, 0.5) is 0 Å². The average Bonchev–Trinajstić information content (AvgIpc) is 3.11. The Balaban J connectivity index is 1.78. The zero-order valence-corrected chi connectivity index (χ0v) is 20.8. The van der Waals surface area contributed by atoms with Crippen molar-refractivity contribution in [2.75, 3.05) is 13.6 Å². The number of fused-ring (bicyclic) bond motifs is 2. The van der Waals surface area contributed by atoms with Gasteiger partial charge in [-0.3, -0.25) is 4.79 Å². The van der Waals surface area contributed by atoms with Crippen molar-refractivity contribution in [3.63, 3.8) is 0 Å². The quantitative estimate of drug-likeness (QED) is 0.350. The Labute approximate surface area is 201 Å². The van der Waals surface area contributed by atoms with E-state index in [0.717, 1.165) is 45.0 Å². The van der Waals surface area contributed by atoms with E-state index in [9.17, 15) is 13.2 Å². The molecule has 0 aliphatic carbocycles. The molecular weight excluding hydrogens is 500 g/mol. The van der Waals surface area contributed by atoms with E-state index in [-0.39, 0.29) is 10.8 Å². The van der Waals surface area contributed by atoms with E-state index >= 15 is 0 Å². The molecule has 168 valence electrons. The minimum absolute atomic E-state index is 0.00143. The Morgan fingerprint density at radius 2 is 1.67 bits per heavy atom. The number of amides is 1. The maximum Gasteiger partial charge on any atom is 0.268 e. The van der Waals surface area contributed by atoms with Gasteiger partial charge in [0.1, 0.15) is 0 Å². The molecule has 0 fully saturated rings. The van der Waals surface area contributed by atoms with Crippen molar-refractivity contribution in [3.05, 3.63) is 88.0 Å². The largest absolute Gasteiger partial charge is 0.342 e. The van der Waals surface area contributed by atoms with E-state index in [1.165, 1.54) is 3.97 Å². The van der Waals surface area contributed by atoms with E-state index in [4.69, 9.17) is 0 Å². The average molecular weight is 523 g/mol. The van der Waals surface area contributed by atoms with Crippen molar-refractivity contribution in [3.8, 4) is 11.1 Å².